The van der Waals surface area contributed by atoms with Crippen molar-refractivity contribution in [3.63, 3.8) is 0 Å². The van der Waals surface area contributed by atoms with Crippen molar-refractivity contribution in [1.29, 1.82) is 0 Å². The van der Waals surface area contributed by atoms with Crippen LogP contribution in [0.3, 0.4) is 0 Å². The summed E-state index contributed by atoms with van der Waals surface area (Å²) in [4.78, 5) is 23.5. The molecule has 0 bridgehead atoms. The average Bonchev–Trinajstić information content (AvgIpc) is 2.43. The SMILES string of the molecule is CC(C)CNC(=O)[C@@H](C)OC(=O)c1ccc(OC(F)(F)F)cc1. The molecule has 0 aliphatic carbocycles. The smallest absolute Gasteiger partial charge is 0.449 e. The molecule has 1 aromatic carbocycles. The largest absolute Gasteiger partial charge is 0.573 e. The minimum atomic E-state index is -4.80. The molecule has 0 aliphatic heterocycles. The van der Waals surface area contributed by atoms with Crippen molar-refractivity contribution < 1.29 is 32.2 Å². The molecule has 0 unspecified atom stereocenters. The van der Waals surface area contributed by atoms with Crippen molar-refractivity contribution in [1.82, 2.24) is 5.32 Å². The number of alkyl halides is 3. The molecule has 1 amide bonds. The Morgan fingerprint density at radius 2 is 1.70 bits per heavy atom. The highest BCUT2D eigenvalue weighted by atomic mass is 19.4. The fraction of sp³-hybridized carbons (Fsp3) is 0.467. The summed E-state index contributed by atoms with van der Waals surface area (Å²) < 4.78 is 44.7. The zero-order valence-electron chi connectivity index (χ0n) is 12.9. The minimum absolute atomic E-state index is 0.0167. The van der Waals surface area contributed by atoms with Crippen LogP contribution in [0.25, 0.3) is 0 Å². The van der Waals surface area contributed by atoms with Crippen molar-refractivity contribution in [2.75, 3.05) is 6.54 Å². The monoisotopic (exact) mass is 333 g/mol. The highest BCUT2D eigenvalue weighted by molar-refractivity contribution is 5.92. The Hall–Kier alpha value is -2.25. The van der Waals surface area contributed by atoms with Gasteiger partial charge in [-0.1, -0.05) is 13.8 Å². The van der Waals surface area contributed by atoms with Gasteiger partial charge in [0.05, 0.1) is 5.56 Å². The second-order valence-corrected chi connectivity index (χ2v) is 5.26. The minimum Gasteiger partial charge on any atom is -0.449 e. The number of hydrogen-bond donors (Lipinski definition) is 1. The maximum absolute atomic E-state index is 12.0. The predicted octanol–water partition coefficient (Wildman–Crippen LogP) is 2.90. The number of carbonyl (C=O) groups excluding carboxylic acids is 2. The summed E-state index contributed by atoms with van der Waals surface area (Å²) in [7, 11) is 0. The van der Waals surface area contributed by atoms with Gasteiger partial charge >= 0.3 is 12.3 Å². The van der Waals surface area contributed by atoms with Crippen molar-refractivity contribution in [3.8, 4) is 5.75 Å². The number of nitrogens with one attached hydrogen (secondary N) is 1. The maximum Gasteiger partial charge on any atom is 0.573 e. The number of esters is 1. The Bertz CT molecular complexity index is 541. The topological polar surface area (TPSA) is 64.6 Å². The Labute approximate surface area is 131 Å². The van der Waals surface area contributed by atoms with E-state index in [-0.39, 0.29) is 11.5 Å². The van der Waals surface area contributed by atoms with E-state index in [9.17, 15) is 22.8 Å². The van der Waals surface area contributed by atoms with E-state index in [2.05, 4.69) is 10.1 Å². The molecule has 128 valence electrons. The second kappa shape index (κ2) is 7.85. The van der Waals surface area contributed by atoms with Crippen LogP contribution in [0.15, 0.2) is 24.3 Å². The lowest BCUT2D eigenvalue weighted by Gasteiger charge is -2.15. The molecule has 1 atom stereocenters. The van der Waals surface area contributed by atoms with E-state index in [4.69, 9.17) is 4.74 Å². The van der Waals surface area contributed by atoms with E-state index in [0.717, 1.165) is 24.3 Å². The first-order valence-electron chi connectivity index (χ1n) is 6.93. The van der Waals surface area contributed by atoms with Crippen LogP contribution in [0.4, 0.5) is 13.2 Å². The van der Waals surface area contributed by atoms with Crippen LogP contribution in [-0.4, -0.2) is 30.9 Å². The molecule has 8 heteroatoms. The van der Waals surface area contributed by atoms with Gasteiger partial charge < -0.3 is 14.8 Å². The molecule has 0 aromatic heterocycles. The third-order valence-electron chi connectivity index (χ3n) is 2.66. The average molecular weight is 333 g/mol. The van der Waals surface area contributed by atoms with E-state index >= 15 is 0 Å². The first-order chi connectivity index (χ1) is 10.6. The second-order valence-electron chi connectivity index (χ2n) is 5.26. The van der Waals surface area contributed by atoms with E-state index in [0.29, 0.717) is 6.54 Å². The van der Waals surface area contributed by atoms with Gasteiger partial charge in [-0.15, -0.1) is 13.2 Å². The first kappa shape index (κ1) is 18.8. The fourth-order valence-electron chi connectivity index (χ4n) is 1.52. The van der Waals surface area contributed by atoms with Crippen LogP contribution >= 0.6 is 0 Å². The standard InChI is InChI=1S/C15H18F3NO4/c1-9(2)8-19-13(20)10(3)22-14(21)11-4-6-12(7-5-11)23-15(16,17)18/h4-7,9-10H,8H2,1-3H3,(H,19,20)/t10-/m1/s1. The van der Waals surface area contributed by atoms with Crippen molar-refractivity contribution >= 4 is 11.9 Å². The quantitative estimate of drug-likeness (QED) is 0.813. The first-order valence-corrected chi connectivity index (χ1v) is 6.93. The molecule has 0 aliphatic rings. The molecule has 0 saturated heterocycles. The molecular weight excluding hydrogens is 315 g/mol. The molecule has 0 saturated carbocycles. The summed E-state index contributed by atoms with van der Waals surface area (Å²) >= 11 is 0. The van der Waals surface area contributed by atoms with Gasteiger partial charge in [0.2, 0.25) is 0 Å². The molecule has 0 heterocycles. The number of rotatable bonds is 6. The predicted molar refractivity (Wildman–Crippen MR) is 75.9 cm³/mol. The highest BCUT2D eigenvalue weighted by Crippen LogP contribution is 2.23. The molecule has 23 heavy (non-hydrogen) atoms. The van der Waals surface area contributed by atoms with Crippen molar-refractivity contribution in [2.45, 2.75) is 33.2 Å². The summed E-state index contributed by atoms with van der Waals surface area (Å²) in [5.41, 5.74) is 0.0167. The van der Waals surface area contributed by atoms with Crippen molar-refractivity contribution in [3.05, 3.63) is 29.8 Å². The number of benzene rings is 1. The molecule has 1 N–H and O–H groups in total. The molecule has 0 fully saturated rings. The molecule has 1 rings (SSSR count). The van der Waals surface area contributed by atoms with Gasteiger partial charge in [-0.3, -0.25) is 4.79 Å². The van der Waals surface area contributed by atoms with Gasteiger partial charge in [0, 0.05) is 6.54 Å². The Morgan fingerprint density at radius 3 is 2.17 bits per heavy atom. The van der Waals surface area contributed by atoms with E-state index in [1.807, 2.05) is 13.8 Å². The summed E-state index contributed by atoms with van der Waals surface area (Å²) in [6.45, 7) is 5.70. The number of halogens is 3. The lowest BCUT2D eigenvalue weighted by molar-refractivity contribution is -0.274. The highest BCUT2D eigenvalue weighted by Gasteiger charge is 2.31. The van der Waals surface area contributed by atoms with Crippen LogP contribution in [0.5, 0.6) is 5.75 Å². The van der Waals surface area contributed by atoms with Gasteiger partial charge in [-0.25, -0.2) is 4.79 Å². The molecule has 1 aromatic rings. The van der Waals surface area contributed by atoms with Gasteiger partial charge in [0.25, 0.3) is 5.91 Å². The normalized spacial score (nSPS) is 12.7. The van der Waals surface area contributed by atoms with Gasteiger partial charge in [0.15, 0.2) is 6.10 Å². The number of ether oxygens (including phenoxy) is 2. The van der Waals surface area contributed by atoms with Crippen molar-refractivity contribution in [2.24, 2.45) is 5.92 Å². The lowest BCUT2D eigenvalue weighted by Crippen LogP contribution is -2.37. The van der Waals surface area contributed by atoms with E-state index in [1.54, 1.807) is 0 Å². The summed E-state index contributed by atoms with van der Waals surface area (Å²) in [5.74, 6) is -1.44. The summed E-state index contributed by atoms with van der Waals surface area (Å²) in [6, 6.07) is 4.24. The molecule has 5 nitrogen and oxygen atoms in total. The van der Waals surface area contributed by atoms with Gasteiger partial charge in [0.1, 0.15) is 5.75 Å². The number of hydrogen-bond acceptors (Lipinski definition) is 4. The Balaban J connectivity index is 2.59. The zero-order chi connectivity index (χ0) is 17.6. The fourth-order valence-corrected chi connectivity index (χ4v) is 1.52. The number of carbonyl (C=O) groups is 2. The lowest BCUT2D eigenvalue weighted by atomic mass is 10.2. The molecule has 0 spiro atoms. The summed E-state index contributed by atoms with van der Waals surface area (Å²) in [5, 5.41) is 2.61. The molecular formula is C15H18F3NO4. The zero-order valence-corrected chi connectivity index (χ0v) is 12.9. The Kier molecular flexibility index (Phi) is 6.41. The van der Waals surface area contributed by atoms with Crippen LogP contribution < -0.4 is 10.1 Å². The van der Waals surface area contributed by atoms with Crippen LogP contribution in [0.1, 0.15) is 31.1 Å². The van der Waals surface area contributed by atoms with E-state index < -0.39 is 30.1 Å². The third-order valence-corrected chi connectivity index (χ3v) is 2.66. The van der Waals surface area contributed by atoms with E-state index in [1.165, 1.54) is 6.92 Å². The van der Waals surface area contributed by atoms with Crippen LogP contribution in [-0.2, 0) is 9.53 Å². The van der Waals surface area contributed by atoms with Crippen LogP contribution in [0.2, 0.25) is 0 Å². The van der Waals surface area contributed by atoms with Gasteiger partial charge in [-0.2, -0.15) is 0 Å². The number of amides is 1. The van der Waals surface area contributed by atoms with Crippen LogP contribution in [0, 0.1) is 5.92 Å². The molecule has 0 radical (unpaired) electrons. The summed E-state index contributed by atoms with van der Waals surface area (Å²) in [6.07, 6.45) is -5.81. The third kappa shape index (κ3) is 7.03. The Morgan fingerprint density at radius 1 is 1.13 bits per heavy atom. The van der Waals surface area contributed by atoms with Gasteiger partial charge in [-0.05, 0) is 37.1 Å². The maximum atomic E-state index is 12.0.